The van der Waals surface area contributed by atoms with E-state index in [-0.39, 0.29) is 11.6 Å². The molecule has 1 aromatic heterocycles. The summed E-state index contributed by atoms with van der Waals surface area (Å²) in [4.78, 5) is 3.96. The SMILES string of the molecule is CCc1nccc(F)c1OC. The Labute approximate surface area is 65.0 Å². The molecular weight excluding hydrogens is 145 g/mol. The summed E-state index contributed by atoms with van der Waals surface area (Å²) in [5.74, 6) is -0.0886. The summed E-state index contributed by atoms with van der Waals surface area (Å²) in [7, 11) is 1.44. The maximum atomic E-state index is 12.9. The van der Waals surface area contributed by atoms with Crippen LogP contribution in [-0.4, -0.2) is 12.1 Å². The van der Waals surface area contributed by atoms with Gasteiger partial charge in [0.2, 0.25) is 0 Å². The normalized spacial score (nSPS) is 9.73. The largest absolute Gasteiger partial charge is 0.492 e. The zero-order chi connectivity index (χ0) is 8.27. The first kappa shape index (κ1) is 7.98. The quantitative estimate of drug-likeness (QED) is 0.649. The fourth-order valence-electron chi connectivity index (χ4n) is 0.932. The predicted molar refractivity (Wildman–Crippen MR) is 40.1 cm³/mol. The highest BCUT2D eigenvalue weighted by Crippen LogP contribution is 2.19. The number of rotatable bonds is 2. The molecule has 0 saturated heterocycles. The summed E-state index contributed by atoms with van der Waals surface area (Å²) in [6.45, 7) is 1.91. The van der Waals surface area contributed by atoms with E-state index < -0.39 is 0 Å². The van der Waals surface area contributed by atoms with E-state index in [1.165, 1.54) is 19.4 Å². The van der Waals surface area contributed by atoms with Crippen LogP contribution in [0.5, 0.6) is 5.75 Å². The zero-order valence-electron chi connectivity index (χ0n) is 6.60. The molecule has 0 spiro atoms. The maximum Gasteiger partial charge on any atom is 0.175 e. The third-order valence-corrected chi connectivity index (χ3v) is 1.47. The van der Waals surface area contributed by atoms with Gasteiger partial charge in [0.25, 0.3) is 0 Å². The van der Waals surface area contributed by atoms with E-state index in [1.54, 1.807) is 0 Å². The van der Waals surface area contributed by atoms with Gasteiger partial charge in [-0.1, -0.05) is 6.92 Å². The van der Waals surface area contributed by atoms with Crippen LogP contribution >= 0.6 is 0 Å². The van der Waals surface area contributed by atoms with Crippen LogP contribution in [0.1, 0.15) is 12.6 Å². The Kier molecular flexibility index (Phi) is 2.41. The molecule has 0 fully saturated rings. The van der Waals surface area contributed by atoms with Crippen LogP contribution in [0.3, 0.4) is 0 Å². The molecule has 0 aliphatic carbocycles. The Morgan fingerprint density at radius 1 is 1.64 bits per heavy atom. The highest BCUT2D eigenvalue weighted by molar-refractivity contribution is 5.28. The molecule has 0 bridgehead atoms. The number of ether oxygens (including phenoxy) is 1. The second-order valence-corrected chi connectivity index (χ2v) is 2.13. The van der Waals surface area contributed by atoms with Crippen molar-refractivity contribution in [3.8, 4) is 5.75 Å². The van der Waals surface area contributed by atoms with Gasteiger partial charge in [0.1, 0.15) is 0 Å². The second-order valence-electron chi connectivity index (χ2n) is 2.13. The zero-order valence-corrected chi connectivity index (χ0v) is 6.60. The Hall–Kier alpha value is -1.12. The predicted octanol–water partition coefficient (Wildman–Crippen LogP) is 1.79. The Morgan fingerprint density at radius 3 is 2.82 bits per heavy atom. The molecule has 2 nitrogen and oxygen atoms in total. The van der Waals surface area contributed by atoms with Crippen LogP contribution in [0.15, 0.2) is 12.3 Å². The number of pyridine rings is 1. The first-order valence-corrected chi connectivity index (χ1v) is 3.47. The van der Waals surface area contributed by atoms with E-state index in [9.17, 15) is 4.39 Å². The molecule has 0 aliphatic heterocycles. The molecule has 0 N–H and O–H groups in total. The highest BCUT2D eigenvalue weighted by Gasteiger charge is 2.06. The van der Waals surface area contributed by atoms with Crippen molar-refractivity contribution in [3.63, 3.8) is 0 Å². The van der Waals surface area contributed by atoms with E-state index in [2.05, 4.69) is 4.98 Å². The Balaban J connectivity index is 3.13. The molecule has 0 aliphatic rings. The van der Waals surface area contributed by atoms with Crippen molar-refractivity contribution < 1.29 is 9.13 Å². The minimum atomic E-state index is -0.348. The van der Waals surface area contributed by atoms with Crippen LogP contribution in [0.25, 0.3) is 0 Å². The third kappa shape index (κ3) is 1.48. The molecule has 60 valence electrons. The van der Waals surface area contributed by atoms with Gasteiger partial charge in [0, 0.05) is 6.20 Å². The third-order valence-electron chi connectivity index (χ3n) is 1.47. The van der Waals surface area contributed by atoms with Crippen molar-refractivity contribution in [1.29, 1.82) is 0 Å². The molecular formula is C8H10FNO. The minimum absolute atomic E-state index is 0.259. The number of aryl methyl sites for hydroxylation is 1. The van der Waals surface area contributed by atoms with Crippen molar-refractivity contribution in [2.75, 3.05) is 7.11 Å². The summed E-state index contributed by atoms with van der Waals surface area (Å²) >= 11 is 0. The van der Waals surface area contributed by atoms with E-state index in [0.29, 0.717) is 12.1 Å². The average molecular weight is 155 g/mol. The Bertz CT molecular complexity index is 250. The molecule has 1 heterocycles. The highest BCUT2D eigenvalue weighted by atomic mass is 19.1. The van der Waals surface area contributed by atoms with Gasteiger partial charge in [-0.25, -0.2) is 4.39 Å². The molecule has 0 radical (unpaired) electrons. The molecule has 3 heteroatoms. The molecule has 1 rings (SSSR count). The van der Waals surface area contributed by atoms with Crippen LogP contribution in [-0.2, 0) is 6.42 Å². The van der Waals surface area contributed by atoms with Crippen LogP contribution < -0.4 is 4.74 Å². The molecule has 11 heavy (non-hydrogen) atoms. The lowest BCUT2D eigenvalue weighted by atomic mass is 10.2. The fourth-order valence-corrected chi connectivity index (χ4v) is 0.932. The van der Waals surface area contributed by atoms with Gasteiger partial charge in [0.05, 0.1) is 12.8 Å². The number of hydrogen-bond acceptors (Lipinski definition) is 2. The van der Waals surface area contributed by atoms with Crippen LogP contribution in [0.4, 0.5) is 4.39 Å². The standard InChI is InChI=1S/C8H10FNO/c1-3-7-8(11-2)6(9)4-5-10-7/h4-5H,3H2,1-2H3. The van der Waals surface area contributed by atoms with Gasteiger partial charge >= 0.3 is 0 Å². The number of halogens is 1. The average Bonchev–Trinajstić information content (AvgIpc) is 2.04. The first-order chi connectivity index (χ1) is 5.29. The lowest BCUT2D eigenvalue weighted by Crippen LogP contribution is -1.96. The van der Waals surface area contributed by atoms with Crippen LogP contribution in [0.2, 0.25) is 0 Å². The number of nitrogens with zero attached hydrogens (tertiary/aromatic N) is 1. The Morgan fingerprint density at radius 2 is 2.36 bits per heavy atom. The van der Waals surface area contributed by atoms with Gasteiger partial charge in [-0.3, -0.25) is 4.98 Å². The number of hydrogen-bond donors (Lipinski definition) is 0. The monoisotopic (exact) mass is 155 g/mol. The van der Waals surface area contributed by atoms with Gasteiger partial charge in [-0.2, -0.15) is 0 Å². The smallest absolute Gasteiger partial charge is 0.175 e. The fraction of sp³-hybridized carbons (Fsp3) is 0.375. The molecule has 0 saturated carbocycles. The van der Waals surface area contributed by atoms with Gasteiger partial charge in [-0.05, 0) is 12.5 Å². The van der Waals surface area contributed by atoms with Crippen molar-refractivity contribution in [2.24, 2.45) is 0 Å². The van der Waals surface area contributed by atoms with Crippen molar-refractivity contribution in [3.05, 3.63) is 23.8 Å². The number of methoxy groups -OCH3 is 1. The van der Waals surface area contributed by atoms with Gasteiger partial charge in [-0.15, -0.1) is 0 Å². The number of aromatic nitrogens is 1. The summed E-state index contributed by atoms with van der Waals surface area (Å²) in [6, 6.07) is 1.29. The lowest BCUT2D eigenvalue weighted by Gasteiger charge is -2.04. The minimum Gasteiger partial charge on any atom is -0.492 e. The summed E-state index contributed by atoms with van der Waals surface area (Å²) in [5, 5.41) is 0. The van der Waals surface area contributed by atoms with E-state index in [1.807, 2.05) is 6.92 Å². The van der Waals surface area contributed by atoms with E-state index in [4.69, 9.17) is 4.74 Å². The maximum absolute atomic E-state index is 12.9. The summed E-state index contributed by atoms with van der Waals surface area (Å²) in [6.07, 6.45) is 2.12. The second kappa shape index (κ2) is 3.32. The van der Waals surface area contributed by atoms with Crippen LogP contribution in [0, 0.1) is 5.82 Å². The molecule has 1 aromatic rings. The lowest BCUT2D eigenvalue weighted by molar-refractivity contribution is 0.379. The van der Waals surface area contributed by atoms with E-state index in [0.717, 1.165) is 0 Å². The first-order valence-electron chi connectivity index (χ1n) is 3.47. The van der Waals surface area contributed by atoms with Crippen molar-refractivity contribution in [1.82, 2.24) is 4.98 Å². The van der Waals surface area contributed by atoms with E-state index >= 15 is 0 Å². The molecule has 0 unspecified atom stereocenters. The van der Waals surface area contributed by atoms with Gasteiger partial charge < -0.3 is 4.74 Å². The topological polar surface area (TPSA) is 22.1 Å². The molecule has 0 aromatic carbocycles. The summed E-state index contributed by atoms with van der Waals surface area (Å²) in [5.41, 5.74) is 0.660. The van der Waals surface area contributed by atoms with Crippen molar-refractivity contribution in [2.45, 2.75) is 13.3 Å². The molecule has 0 atom stereocenters. The summed E-state index contributed by atoms with van der Waals surface area (Å²) < 4.78 is 17.7. The molecule has 0 amide bonds. The van der Waals surface area contributed by atoms with Crippen molar-refractivity contribution >= 4 is 0 Å². The van der Waals surface area contributed by atoms with Gasteiger partial charge in [0.15, 0.2) is 11.6 Å².